The SMILES string of the molecule is O=c1[nH]c(-c2ccc(OCc3ccccc3Cl)cc2)nc2sc3c(c12)CCCCCC3. The molecule has 1 N–H and O–H groups in total. The number of benzene rings is 2. The van der Waals surface area contributed by atoms with Crippen molar-refractivity contribution >= 4 is 33.2 Å². The zero-order valence-corrected chi connectivity index (χ0v) is 18.7. The summed E-state index contributed by atoms with van der Waals surface area (Å²) in [5.41, 5.74) is 3.00. The number of aromatic nitrogens is 2. The van der Waals surface area contributed by atoms with E-state index in [1.54, 1.807) is 11.3 Å². The molecule has 0 saturated heterocycles. The van der Waals surface area contributed by atoms with Crippen molar-refractivity contribution in [2.75, 3.05) is 0 Å². The van der Waals surface area contributed by atoms with E-state index in [-0.39, 0.29) is 5.56 Å². The van der Waals surface area contributed by atoms with E-state index in [0.717, 1.165) is 46.4 Å². The number of H-pyrrole nitrogens is 1. The predicted molar refractivity (Wildman–Crippen MR) is 127 cm³/mol. The van der Waals surface area contributed by atoms with E-state index in [9.17, 15) is 4.79 Å². The molecule has 2 aromatic heterocycles. The fraction of sp³-hybridized carbons (Fsp3) is 0.280. The molecule has 6 heteroatoms. The van der Waals surface area contributed by atoms with Crippen molar-refractivity contribution in [2.24, 2.45) is 0 Å². The molecule has 0 atom stereocenters. The van der Waals surface area contributed by atoms with Gasteiger partial charge >= 0.3 is 0 Å². The topological polar surface area (TPSA) is 55.0 Å². The average molecular weight is 451 g/mol. The van der Waals surface area contributed by atoms with Crippen molar-refractivity contribution in [2.45, 2.75) is 45.1 Å². The van der Waals surface area contributed by atoms with Crippen LogP contribution in [0.5, 0.6) is 5.75 Å². The van der Waals surface area contributed by atoms with Gasteiger partial charge in [-0.15, -0.1) is 11.3 Å². The summed E-state index contributed by atoms with van der Waals surface area (Å²) in [5.74, 6) is 1.34. The van der Waals surface area contributed by atoms with Crippen LogP contribution in [0.2, 0.25) is 5.02 Å². The number of hydrogen-bond donors (Lipinski definition) is 1. The van der Waals surface area contributed by atoms with E-state index in [2.05, 4.69) is 4.98 Å². The Labute approximate surface area is 189 Å². The van der Waals surface area contributed by atoms with E-state index >= 15 is 0 Å². The third-order valence-electron chi connectivity index (χ3n) is 5.80. The molecule has 0 amide bonds. The minimum Gasteiger partial charge on any atom is -0.489 e. The minimum absolute atomic E-state index is 0.0304. The minimum atomic E-state index is -0.0304. The van der Waals surface area contributed by atoms with Gasteiger partial charge in [-0.05, 0) is 61.6 Å². The maximum atomic E-state index is 12.9. The van der Waals surface area contributed by atoms with Crippen molar-refractivity contribution in [1.82, 2.24) is 9.97 Å². The molecule has 2 aromatic carbocycles. The average Bonchev–Trinajstić information content (AvgIpc) is 3.10. The summed E-state index contributed by atoms with van der Waals surface area (Å²) in [4.78, 5) is 22.9. The molecule has 0 radical (unpaired) electrons. The second-order valence-corrected chi connectivity index (χ2v) is 9.41. The quantitative estimate of drug-likeness (QED) is 0.384. The Balaban J connectivity index is 1.40. The van der Waals surface area contributed by atoms with Crippen molar-refractivity contribution in [3.63, 3.8) is 0 Å². The van der Waals surface area contributed by atoms with Crippen LogP contribution in [0, 0.1) is 0 Å². The van der Waals surface area contributed by atoms with Crippen LogP contribution in [0.15, 0.2) is 53.3 Å². The van der Waals surface area contributed by atoms with Crippen molar-refractivity contribution in [1.29, 1.82) is 0 Å². The Morgan fingerprint density at radius 1 is 1.00 bits per heavy atom. The molecule has 0 spiro atoms. The number of fused-ring (bicyclic) bond motifs is 3. The lowest BCUT2D eigenvalue weighted by Gasteiger charge is -2.09. The van der Waals surface area contributed by atoms with Gasteiger partial charge in [0.05, 0.1) is 5.39 Å². The highest BCUT2D eigenvalue weighted by molar-refractivity contribution is 7.18. The molecular formula is C25H23ClN2O2S. The van der Waals surface area contributed by atoms with E-state index in [1.165, 1.54) is 29.7 Å². The van der Waals surface area contributed by atoms with Crippen LogP contribution < -0.4 is 10.3 Å². The van der Waals surface area contributed by atoms with Gasteiger partial charge in [0.1, 0.15) is 23.0 Å². The van der Waals surface area contributed by atoms with Crippen LogP contribution >= 0.6 is 22.9 Å². The lowest BCUT2D eigenvalue weighted by molar-refractivity contribution is 0.306. The van der Waals surface area contributed by atoms with Gasteiger partial charge in [0.25, 0.3) is 5.56 Å². The van der Waals surface area contributed by atoms with Crippen LogP contribution in [0.4, 0.5) is 0 Å². The highest BCUT2D eigenvalue weighted by atomic mass is 35.5. The van der Waals surface area contributed by atoms with Gasteiger partial charge in [-0.25, -0.2) is 4.98 Å². The number of aromatic amines is 1. The monoisotopic (exact) mass is 450 g/mol. The first-order chi connectivity index (χ1) is 15.2. The lowest BCUT2D eigenvalue weighted by Crippen LogP contribution is -2.10. The number of nitrogens with zero attached hydrogens (tertiary/aromatic N) is 1. The zero-order chi connectivity index (χ0) is 21.2. The number of aryl methyl sites for hydroxylation is 2. The smallest absolute Gasteiger partial charge is 0.260 e. The van der Waals surface area contributed by atoms with Crippen LogP contribution in [0.3, 0.4) is 0 Å². The third kappa shape index (κ3) is 4.25. The fourth-order valence-corrected chi connectivity index (χ4v) is 5.59. The molecule has 1 aliphatic rings. The van der Waals surface area contributed by atoms with E-state index in [1.807, 2.05) is 48.5 Å². The largest absolute Gasteiger partial charge is 0.489 e. The summed E-state index contributed by atoms with van der Waals surface area (Å²) in [6.07, 6.45) is 6.90. The Morgan fingerprint density at radius 3 is 2.58 bits per heavy atom. The van der Waals surface area contributed by atoms with Gasteiger partial charge in [0.2, 0.25) is 0 Å². The van der Waals surface area contributed by atoms with E-state index in [0.29, 0.717) is 17.5 Å². The number of halogens is 1. The van der Waals surface area contributed by atoms with E-state index in [4.69, 9.17) is 21.3 Å². The van der Waals surface area contributed by atoms with Gasteiger partial charge < -0.3 is 9.72 Å². The van der Waals surface area contributed by atoms with Crippen LogP contribution in [0.1, 0.15) is 41.7 Å². The van der Waals surface area contributed by atoms with Gasteiger partial charge in [-0.1, -0.05) is 42.6 Å². The number of ether oxygens (including phenoxy) is 1. The number of rotatable bonds is 4. The van der Waals surface area contributed by atoms with Crippen molar-refractivity contribution in [3.05, 3.63) is 79.9 Å². The first kappa shape index (κ1) is 20.3. The van der Waals surface area contributed by atoms with Crippen LogP contribution in [-0.2, 0) is 19.4 Å². The van der Waals surface area contributed by atoms with Crippen LogP contribution in [0.25, 0.3) is 21.6 Å². The van der Waals surface area contributed by atoms with Gasteiger partial charge in [-0.2, -0.15) is 0 Å². The molecule has 0 saturated carbocycles. The highest BCUT2D eigenvalue weighted by Gasteiger charge is 2.18. The lowest BCUT2D eigenvalue weighted by atomic mass is 9.98. The Kier molecular flexibility index (Phi) is 5.79. The molecule has 1 aliphatic carbocycles. The molecule has 0 bridgehead atoms. The number of thiophene rings is 1. The van der Waals surface area contributed by atoms with Crippen molar-refractivity contribution in [3.8, 4) is 17.1 Å². The second kappa shape index (κ2) is 8.85. The molecule has 0 unspecified atom stereocenters. The first-order valence-electron chi connectivity index (χ1n) is 10.7. The first-order valence-corrected chi connectivity index (χ1v) is 11.9. The molecule has 4 aromatic rings. The molecule has 2 heterocycles. The number of nitrogens with one attached hydrogen (secondary N) is 1. The van der Waals surface area contributed by atoms with E-state index < -0.39 is 0 Å². The molecule has 158 valence electrons. The number of hydrogen-bond acceptors (Lipinski definition) is 4. The van der Waals surface area contributed by atoms with Crippen LogP contribution in [-0.4, -0.2) is 9.97 Å². The summed E-state index contributed by atoms with van der Waals surface area (Å²) in [6, 6.07) is 15.3. The predicted octanol–water partition coefficient (Wildman–Crippen LogP) is 6.54. The summed E-state index contributed by atoms with van der Waals surface area (Å²) in [6.45, 7) is 0.404. The normalized spacial score (nSPS) is 14.1. The molecule has 0 fully saturated rings. The van der Waals surface area contributed by atoms with Gasteiger partial charge in [0.15, 0.2) is 0 Å². The third-order valence-corrected chi connectivity index (χ3v) is 7.36. The zero-order valence-electron chi connectivity index (χ0n) is 17.1. The summed E-state index contributed by atoms with van der Waals surface area (Å²) in [7, 11) is 0. The highest BCUT2D eigenvalue weighted by Crippen LogP contribution is 2.33. The Bertz CT molecular complexity index is 1280. The Morgan fingerprint density at radius 2 is 1.77 bits per heavy atom. The molecule has 31 heavy (non-hydrogen) atoms. The standard InChI is InChI=1S/C25H23ClN2O2S/c26-20-9-6-5-7-17(20)15-30-18-13-11-16(12-14-18)23-27-24(29)22-19-8-3-1-2-4-10-21(19)31-25(22)28-23/h5-7,9,11-14H,1-4,8,10,15H2,(H,27,28,29). The van der Waals surface area contributed by atoms with Gasteiger partial charge in [0, 0.05) is 21.0 Å². The van der Waals surface area contributed by atoms with Gasteiger partial charge in [-0.3, -0.25) is 4.79 Å². The molecule has 4 nitrogen and oxygen atoms in total. The maximum Gasteiger partial charge on any atom is 0.260 e. The summed E-state index contributed by atoms with van der Waals surface area (Å²) < 4.78 is 5.86. The molecular weight excluding hydrogens is 428 g/mol. The fourth-order valence-electron chi connectivity index (χ4n) is 4.14. The Hall–Kier alpha value is -2.63. The summed E-state index contributed by atoms with van der Waals surface area (Å²) in [5, 5.41) is 1.49. The van der Waals surface area contributed by atoms with Crippen molar-refractivity contribution < 1.29 is 4.74 Å². The molecule has 5 rings (SSSR count). The summed E-state index contributed by atoms with van der Waals surface area (Å²) >= 11 is 7.88. The molecule has 0 aliphatic heterocycles. The second-order valence-electron chi connectivity index (χ2n) is 7.92. The maximum absolute atomic E-state index is 12.9.